The number of carbonyl (C=O) groups excluding carboxylic acids is 1. The summed E-state index contributed by atoms with van der Waals surface area (Å²) in [5.41, 5.74) is -0.0929. The molecule has 0 radical (unpaired) electrons. The summed E-state index contributed by atoms with van der Waals surface area (Å²) in [5, 5.41) is 8.55. The Morgan fingerprint density at radius 3 is 2.47 bits per heavy atom. The van der Waals surface area contributed by atoms with Gasteiger partial charge >= 0.3 is 5.97 Å². The van der Waals surface area contributed by atoms with E-state index in [9.17, 15) is 18.0 Å². The summed E-state index contributed by atoms with van der Waals surface area (Å²) in [6.07, 6.45) is 2.12. The first-order valence-corrected chi connectivity index (χ1v) is 5.98. The number of aromatic carboxylic acids is 1. The molecule has 0 amide bonds. The van der Waals surface area contributed by atoms with Gasteiger partial charge in [-0.15, -0.1) is 0 Å². The zero-order chi connectivity index (χ0) is 11.6. The van der Waals surface area contributed by atoms with Crippen molar-refractivity contribution in [2.75, 3.05) is 12.0 Å². The van der Waals surface area contributed by atoms with Gasteiger partial charge < -0.3 is 10.1 Å². The largest absolute Gasteiger partial charge is 0.477 e. The predicted molar refractivity (Wildman–Crippen MR) is 51.8 cm³/mol. The summed E-state index contributed by atoms with van der Waals surface area (Å²) in [7, 11) is -3.39. The molecule has 0 spiro atoms. The van der Waals surface area contributed by atoms with Crippen LogP contribution in [0.1, 0.15) is 20.8 Å². The number of H-pyrrole nitrogens is 1. The van der Waals surface area contributed by atoms with Gasteiger partial charge in [-0.1, -0.05) is 0 Å². The highest BCUT2D eigenvalue weighted by molar-refractivity contribution is 7.91. The molecule has 1 rings (SSSR count). The number of aromatic nitrogens is 1. The van der Waals surface area contributed by atoms with Crippen molar-refractivity contribution < 1.29 is 23.1 Å². The second-order valence-electron chi connectivity index (χ2n) is 3.10. The molecule has 0 bridgehead atoms. The lowest BCUT2D eigenvalue weighted by atomic mass is 10.2. The van der Waals surface area contributed by atoms with E-state index in [1.807, 2.05) is 0 Å². The fourth-order valence-corrected chi connectivity index (χ4v) is 1.64. The summed E-state index contributed by atoms with van der Waals surface area (Å²) in [6.45, 7) is 0. The molecule has 1 aromatic rings. The quantitative estimate of drug-likeness (QED) is 0.706. The molecule has 0 aliphatic rings. The molecule has 1 aromatic heterocycles. The van der Waals surface area contributed by atoms with E-state index in [0.717, 1.165) is 12.3 Å². The van der Waals surface area contributed by atoms with Crippen molar-refractivity contribution in [1.29, 1.82) is 0 Å². The van der Waals surface area contributed by atoms with E-state index >= 15 is 0 Å². The maximum atomic E-state index is 11.3. The number of ketones is 1. The predicted octanol–water partition coefficient (Wildman–Crippen LogP) is -0.0598. The highest BCUT2D eigenvalue weighted by atomic mass is 32.2. The Labute approximate surface area is 85.8 Å². The minimum atomic E-state index is -3.39. The van der Waals surface area contributed by atoms with Crippen LogP contribution in [-0.4, -0.2) is 42.3 Å². The molecule has 7 heteroatoms. The van der Waals surface area contributed by atoms with Crippen LogP contribution in [0.3, 0.4) is 0 Å². The number of Topliss-reactive ketones (excluding diaryl/α,β-unsaturated/α-hetero) is 1. The van der Waals surface area contributed by atoms with Gasteiger partial charge in [0.05, 0.1) is 0 Å². The van der Waals surface area contributed by atoms with Crippen molar-refractivity contribution >= 4 is 21.6 Å². The molecular weight excluding hydrogens is 222 g/mol. The van der Waals surface area contributed by atoms with Crippen LogP contribution in [0.4, 0.5) is 0 Å². The molecular formula is C8H9NO5S. The van der Waals surface area contributed by atoms with Crippen LogP contribution in [0.15, 0.2) is 12.3 Å². The van der Waals surface area contributed by atoms with Gasteiger partial charge in [0.2, 0.25) is 0 Å². The van der Waals surface area contributed by atoms with Crippen molar-refractivity contribution in [3.05, 3.63) is 23.5 Å². The molecule has 0 saturated carbocycles. The number of hydrogen-bond donors (Lipinski definition) is 2. The first-order valence-electron chi connectivity index (χ1n) is 3.92. The van der Waals surface area contributed by atoms with Gasteiger partial charge in [-0.05, 0) is 6.07 Å². The van der Waals surface area contributed by atoms with E-state index in [4.69, 9.17) is 5.11 Å². The SMILES string of the molecule is CS(=O)(=O)CC(=O)c1c[nH]c(C(=O)O)c1. The molecule has 6 nitrogen and oxygen atoms in total. The van der Waals surface area contributed by atoms with Gasteiger partial charge in [-0.25, -0.2) is 13.2 Å². The Bertz CT molecular complexity index is 499. The van der Waals surface area contributed by atoms with Crippen molar-refractivity contribution in [3.63, 3.8) is 0 Å². The summed E-state index contributed by atoms with van der Waals surface area (Å²) in [5.74, 6) is -2.45. The third-order valence-electron chi connectivity index (χ3n) is 1.63. The van der Waals surface area contributed by atoms with Gasteiger partial charge in [0.1, 0.15) is 11.4 Å². The first kappa shape index (κ1) is 11.4. The molecule has 0 aliphatic heterocycles. The van der Waals surface area contributed by atoms with Crippen LogP contribution < -0.4 is 0 Å². The summed E-state index contributed by atoms with van der Waals surface area (Å²) >= 11 is 0. The van der Waals surface area contributed by atoms with Crippen LogP contribution >= 0.6 is 0 Å². The molecule has 0 aromatic carbocycles. The molecule has 2 N–H and O–H groups in total. The number of sulfone groups is 1. The number of nitrogens with one attached hydrogen (secondary N) is 1. The smallest absolute Gasteiger partial charge is 0.352 e. The zero-order valence-corrected chi connectivity index (χ0v) is 8.67. The van der Waals surface area contributed by atoms with Crippen LogP contribution in [0.25, 0.3) is 0 Å². The van der Waals surface area contributed by atoms with Crippen LogP contribution in [0.2, 0.25) is 0 Å². The van der Waals surface area contributed by atoms with Crippen LogP contribution in [0.5, 0.6) is 0 Å². The average Bonchev–Trinajstić information content (AvgIpc) is 2.47. The summed E-state index contributed by atoms with van der Waals surface area (Å²) < 4.78 is 21.6. The van der Waals surface area contributed by atoms with Crippen molar-refractivity contribution in [3.8, 4) is 0 Å². The average molecular weight is 231 g/mol. The Balaban J connectivity index is 2.88. The first-order chi connectivity index (χ1) is 6.79. The van der Waals surface area contributed by atoms with E-state index < -0.39 is 27.3 Å². The number of carboxylic acids is 1. The van der Waals surface area contributed by atoms with E-state index in [-0.39, 0.29) is 11.3 Å². The summed E-state index contributed by atoms with van der Waals surface area (Å²) in [4.78, 5) is 24.1. The summed E-state index contributed by atoms with van der Waals surface area (Å²) in [6, 6.07) is 1.11. The number of rotatable bonds is 4. The minimum absolute atomic E-state index is 0.0535. The van der Waals surface area contributed by atoms with Gasteiger partial charge in [-0.2, -0.15) is 0 Å². The van der Waals surface area contributed by atoms with Crippen LogP contribution in [-0.2, 0) is 9.84 Å². The number of hydrogen-bond acceptors (Lipinski definition) is 4. The number of aromatic amines is 1. The third kappa shape index (κ3) is 3.21. The normalized spacial score (nSPS) is 11.3. The van der Waals surface area contributed by atoms with E-state index in [2.05, 4.69) is 4.98 Å². The van der Waals surface area contributed by atoms with Gasteiger partial charge in [0.25, 0.3) is 0 Å². The van der Waals surface area contributed by atoms with Gasteiger partial charge in [0, 0.05) is 18.0 Å². The number of carbonyl (C=O) groups is 2. The maximum Gasteiger partial charge on any atom is 0.352 e. The monoisotopic (exact) mass is 231 g/mol. The Hall–Kier alpha value is -1.63. The molecule has 15 heavy (non-hydrogen) atoms. The second-order valence-corrected chi connectivity index (χ2v) is 5.24. The highest BCUT2D eigenvalue weighted by Gasteiger charge is 2.16. The van der Waals surface area contributed by atoms with Gasteiger partial charge in [0.15, 0.2) is 15.6 Å². The van der Waals surface area contributed by atoms with Crippen molar-refractivity contribution in [2.45, 2.75) is 0 Å². The third-order valence-corrected chi connectivity index (χ3v) is 2.42. The molecule has 0 saturated heterocycles. The lowest BCUT2D eigenvalue weighted by Crippen LogP contribution is -2.13. The van der Waals surface area contributed by atoms with Crippen molar-refractivity contribution in [2.24, 2.45) is 0 Å². The van der Waals surface area contributed by atoms with Gasteiger partial charge in [-0.3, -0.25) is 4.79 Å². The molecule has 0 atom stereocenters. The second kappa shape index (κ2) is 3.85. The fourth-order valence-electron chi connectivity index (χ4n) is 1.00. The lowest BCUT2D eigenvalue weighted by Gasteiger charge is -1.94. The molecule has 1 heterocycles. The standard InChI is InChI=1S/C8H9NO5S/c1-15(13,14)4-7(10)5-2-6(8(11)12)9-3-5/h2-3,9H,4H2,1H3,(H,11,12). The lowest BCUT2D eigenvalue weighted by molar-refractivity contribution is 0.0691. The molecule has 0 fully saturated rings. The topological polar surface area (TPSA) is 104 Å². The maximum absolute atomic E-state index is 11.3. The van der Waals surface area contributed by atoms with E-state index in [1.54, 1.807) is 0 Å². The fraction of sp³-hybridized carbons (Fsp3) is 0.250. The minimum Gasteiger partial charge on any atom is -0.477 e. The molecule has 0 unspecified atom stereocenters. The van der Waals surface area contributed by atoms with E-state index in [1.165, 1.54) is 6.20 Å². The Morgan fingerprint density at radius 2 is 2.07 bits per heavy atom. The highest BCUT2D eigenvalue weighted by Crippen LogP contribution is 2.05. The van der Waals surface area contributed by atoms with Crippen LogP contribution in [0, 0.1) is 0 Å². The van der Waals surface area contributed by atoms with Crippen molar-refractivity contribution in [1.82, 2.24) is 4.98 Å². The Kier molecular flexibility index (Phi) is 2.94. The van der Waals surface area contributed by atoms with E-state index in [0.29, 0.717) is 0 Å². The zero-order valence-electron chi connectivity index (χ0n) is 7.85. The molecule has 82 valence electrons. The Morgan fingerprint density at radius 1 is 1.47 bits per heavy atom. The number of carboxylic acid groups (broad SMARTS) is 1. The molecule has 0 aliphatic carbocycles.